The van der Waals surface area contributed by atoms with Crippen molar-refractivity contribution in [2.45, 2.75) is 33.9 Å². The summed E-state index contributed by atoms with van der Waals surface area (Å²) in [5, 5.41) is 9.14. The van der Waals surface area contributed by atoms with Crippen molar-refractivity contribution in [1.82, 2.24) is 13.7 Å². The molecule has 0 atom stereocenters. The number of hydrogen-bond donors (Lipinski definition) is 0. The molecule has 0 aliphatic rings. The molecule has 2 heterocycles. The Morgan fingerprint density at radius 3 is 2.55 bits per heavy atom. The summed E-state index contributed by atoms with van der Waals surface area (Å²) in [6.07, 6.45) is 1.20. The first-order valence-corrected chi connectivity index (χ1v) is 9.01. The Kier molecular flexibility index (Phi) is 5.33. The van der Waals surface area contributed by atoms with E-state index in [2.05, 4.69) is 0 Å². The smallest absolute Gasteiger partial charge is 0.318 e. The second kappa shape index (κ2) is 7.72. The fourth-order valence-corrected chi connectivity index (χ4v) is 3.38. The lowest BCUT2D eigenvalue weighted by Crippen LogP contribution is -2.42. The maximum Gasteiger partial charge on any atom is 0.331 e. The molecule has 0 N–H and O–H groups in total. The van der Waals surface area contributed by atoms with Gasteiger partial charge < -0.3 is 4.57 Å². The molecule has 29 heavy (non-hydrogen) atoms. The highest BCUT2D eigenvalue weighted by atomic mass is 19.1. The molecule has 2 aromatic heterocycles. The van der Waals surface area contributed by atoms with E-state index in [1.54, 1.807) is 49.6 Å². The van der Waals surface area contributed by atoms with Crippen molar-refractivity contribution in [3.63, 3.8) is 0 Å². The van der Waals surface area contributed by atoms with Gasteiger partial charge in [0.05, 0.1) is 6.54 Å². The number of benzene rings is 1. The zero-order valence-corrected chi connectivity index (χ0v) is 16.3. The summed E-state index contributed by atoms with van der Waals surface area (Å²) in [5.41, 5.74) is 0.515. The number of aryl methyl sites for hydroxylation is 2. The molecular formula is C21H19FN4O3. The van der Waals surface area contributed by atoms with Crippen LogP contribution in [0.15, 0.2) is 46.1 Å². The quantitative estimate of drug-likeness (QED) is 0.621. The van der Waals surface area contributed by atoms with Crippen molar-refractivity contribution in [2.75, 3.05) is 0 Å². The van der Waals surface area contributed by atoms with Crippen molar-refractivity contribution >= 4 is 5.78 Å². The monoisotopic (exact) mass is 394 g/mol. The molecule has 0 unspecified atom stereocenters. The lowest BCUT2D eigenvalue weighted by molar-refractivity contribution is 0.0968. The van der Waals surface area contributed by atoms with E-state index in [1.165, 1.54) is 22.9 Å². The number of carbonyl (C=O) groups excluding carboxylic acids is 1. The lowest BCUT2D eigenvalue weighted by atomic mass is 10.1. The molecule has 0 spiro atoms. The second-order valence-electron chi connectivity index (χ2n) is 6.64. The van der Waals surface area contributed by atoms with Gasteiger partial charge in [-0.2, -0.15) is 5.26 Å². The largest absolute Gasteiger partial charge is 0.331 e. The van der Waals surface area contributed by atoms with Crippen LogP contribution in [-0.2, 0) is 13.1 Å². The summed E-state index contributed by atoms with van der Waals surface area (Å²) in [6, 6.07) is 9.38. The summed E-state index contributed by atoms with van der Waals surface area (Å²) >= 11 is 0. The van der Waals surface area contributed by atoms with Crippen LogP contribution in [0, 0.1) is 31.0 Å². The Morgan fingerprint density at radius 1 is 1.21 bits per heavy atom. The first kappa shape index (κ1) is 20.0. The van der Waals surface area contributed by atoms with E-state index < -0.39 is 29.4 Å². The predicted octanol–water partition coefficient (Wildman–Crippen LogP) is 2.33. The highest BCUT2D eigenvalue weighted by Crippen LogP contribution is 2.22. The Balaban J connectivity index is 2.06. The lowest BCUT2D eigenvalue weighted by Gasteiger charge is -2.11. The molecule has 0 bridgehead atoms. The number of halogens is 1. The van der Waals surface area contributed by atoms with Crippen LogP contribution in [0.2, 0.25) is 0 Å². The molecule has 7 nitrogen and oxygen atoms in total. The molecular weight excluding hydrogens is 375 g/mol. The third-order valence-corrected chi connectivity index (χ3v) is 4.80. The average Bonchev–Trinajstić information content (AvgIpc) is 2.99. The SMILES string of the molecule is CCn1cc(C#N)c(=O)n(CC(=O)c2cc(C)n(-c3cccc(F)c3)c2C)c1=O. The first-order chi connectivity index (χ1) is 13.8. The van der Waals surface area contributed by atoms with Crippen LogP contribution in [0.1, 0.15) is 34.2 Å². The number of hydrogen-bond acceptors (Lipinski definition) is 4. The van der Waals surface area contributed by atoms with Gasteiger partial charge in [0, 0.05) is 35.4 Å². The minimum Gasteiger partial charge on any atom is -0.318 e. The molecule has 0 aliphatic carbocycles. The van der Waals surface area contributed by atoms with E-state index in [9.17, 15) is 18.8 Å². The van der Waals surface area contributed by atoms with Crippen molar-refractivity contribution in [1.29, 1.82) is 5.26 Å². The van der Waals surface area contributed by atoms with Crippen LogP contribution in [-0.4, -0.2) is 19.5 Å². The molecule has 0 saturated heterocycles. The Hall–Kier alpha value is -3.73. The third kappa shape index (κ3) is 3.55. The van der Waals surface area contributed by atoms with Gasteiger partial charge in [-0.15, -0.1) is 0 Å². The van der Waals surface area contributed by atoms with E-state index in [0.717, 1.165) is 4.57 Å². The van der Waals surface area contributed by atoms with Crippen LogP contribution in [0.3, 0.4) is 0 Å². The summed E-state index contributed by atoms with van der Waals surface area (Å²) in [7, 11) is 0. The number of nitrogens with zero attached hydrogens (tertiary/aromatic N) is 4. The number of carbonyl (C=O) groups is 1. The highest BCUT2D eigenvalue weighted by Gasteiger charge is 2.20. The Labute approximate surface area is 165 Å². The number of nitriles is 1. The molecule has 3 aromatic rings. The number of ketones is 1. The maximum absolute atomic E-state index is 13.6. The molecule has 0 fully saturated rings. The number of rotatable bonds is 5. The number of Topliss-reactive ketones (excluding diaryl/α,β-unsaturated/α-hetero) is 1. The van der Waals surface area contributed by atoms with Crippen molar-refractivity contribution in [3.05, 3.63) is 85.7 Å². The highest BCUT2D eigenvalue weighted by molar-refractivity contribution is 5.97. The standard InChI is InChI=1S/C21H19FN4O3/c1-4-24-11-15(10-23)20(28)25(21(24)29)12-19(27)18-8-13(2)26(14(18)3)17-7-5-6-16(22)9-17/h5-9,11H,4,12H2,1-3H3. The molecule has 8 heteroatoms. The van der Waals surface area contributed by atoms with E-state index in [-0.39, 0.29) is 12.1 Å². The minimum absolute atomic E-state index is 0.204. The second-order valence-corrected chi connectivity index (χ2v) is 6.64. The number of aromatic nitrogens is 3. The van der Waals surface area contributed by atoms with Crippen LogP contribution < -0.4 is 11.2 Å². The van der Waals surface area contributed by atoms with Crippen molar-refractivity contribution in [3.8, 4) is 11.8 Å². The fourth-order valence-electron chi connectivity index (χ4n) is 3.38. The van der Waals surface area contributed by atoms with E-state index in [4.69, 9.17) is 5.26 Å². The van der Waals surface area contributed by atoms with Crippen molar-refractivity contribution in [2.24, 2.45) is 0 Å². The van der Waals surface area contributed by atoms with Crippen LogP contribution in [0.4, 0.5) is 4.39 Å². The summed E-state index contributed by atoms with van der Waals surface area (Å²) in [6.45, 7) is 4.97. The van der Waals surface area contributed by atoms with Gasteiger partial charge in [0.15, 0.2) is 5.78 Å². The molecule has 0 amide bonds. The summed E-state index contributed by atoms with van der Waals surface area (Å²) in [4.78, 5) is 37.8. The average molecular weight is 394 g/mol. The third-order valence-electron chi connectivity index (χ3n) is 4.80. The van der Waals surface area contributed by atoms with Gasteiger partial charge in [0.1, 0.15) is 17.4 Å². The van der Waals surface area contributed by atoms with Crippen LogP contribution in [0.5, 0.6) is 0 Å². The molecule has 0 radical (unpaired) electrons. The molecule has 148 valence electrons. The predicted molar refractivity (Wildman–Crippen MR) is 105 cm³/mol. The van der Waals surface area contributed by atoms with Gasteiger partial charge in [-0.1, -0.05) is 6.07 Å². The summed E-state index contributed by atoms with van der Waals surface area (Å²) in [5.74, 6) is -0.847. The van der Waals surface area contributed by atoms with E-state index in [0.29, 0.717) is 22.6 Å². The topological polar surface area (TPSA) is 89.8 Å². The maximum atomic E-state index is 13.6. The van der Waals surface area contributed by atoms with Gasteiger partial charge in [0.2, 0.25) is 0 Å². The molecule has 3 rings (SSSR count). The van der Waals surface area contributed by atoms with Crippen molar-refractivity contribution < 1.29 is 9.18 Å². The van der Waals surface area contributed by atoms with Gasteiger partial charge in [-0.05, 0) is 45.0 Å². The van der Waals surface area contributed by atoms with Crippen LogP contribution >= 0.6 is 0 Å². The van der Waals surface area contributed by atoms with Gasteiger partial charge >= 0.3 is 5.69 Å². The van der Waals surface area contributed by atoms with Gasteiger partial charge in [-0.25, -0.2) is 9.18 Å². The Bertz CT molecular complexity index is 1270. The Morgan fingerprint density at radius 2 is 1.93 bits per heavy atom. The fraction of sp³-hybridized carbons (Fsp3) is 0.238. The first-order valence-electron chi connectivity index (χ1n) is 9.01. The molecule has 0 saturated carbocycles. The van der Waals surface area contributed by atoms with Gasteiger partial charge in [0.25, 0.3) is 5.56 Å². The van der Waals surface area contributed by atoms with Crippen LogP contribution in [0.25, 0.3) is 5.69 Å². The summed E-state index contributed by atoms with van der Waals surface area (Å²) < 4.78 is 17.3. The van der Waals surface area contributed by atoms with E-state index >= 15 is 0 Å². The molecule has 0 aliphatic heterocycles. The zero-order valence-electron chi connectivity index (χ0n) is 16.3. The minimum atomic E-state index is -0.797. The molecule has 1 aromatic carbocycles. The zero-order chi connectivity index (χ0) is 21.3. The normalized spacial score (nSPS) is 10.7. The van der Waals surface area contributed by atoms with E-state index in [1.807, 2.05) is 0 Å². The van der Waals surface area contributed by atoms with Gasteiger partial charge in [-0.3, -0.25) is 18.7 Å².